The van der Waals surface area contributed by atoms with Crippen LogP contribution in [0, 0.1) is 0 Å². The van der Waals surface area contributed by atoms with Crippen LogP contribution in [0.15, 0.2) is 61.7 Å². The van der Waals surface area contributed by atoms with Crippen LogP contribution in [0.3, 0.4) is 0 Å². The zero-order chi connectivity index (χ0) is 24.2. The van der Waals surface area contributed by atoms with Crippen LogP contribution in [0.1, 0.15) is 35.6 Å². The molecule has 3 heterocycles. The maximum atomic E-state index is 11.3. The Morgan fingerprint density at radius 2 is 1.09 bits per heavy atom. The molecule has 3 rings (SSSR count). The van der Waals surface area contributed by atoms with Crippen molar-refractivity contribution in [3.63, 3.8) is 0 Å². The van der Waals surface area contributed by atoms with Gasteiger partial charge < -0.3 is 9.47 Å². The Morgan fingerprint density at radius 1 is 0.735 bits per heavy atom. The molecular formula is C26H32N4O4. The van der Waals surface area contributed by atoms with E-state index in [0.29, 0.717) is 52.2 Å². The van der Waals surface area contributed by atoms with E-state index in [-0.39, 0.29) is 0 Å². The topological polar surface area (TPSA) is 84.9 Å². The van der Waals surface area contributed by atoms with Crippen LogP contribution >= 0.6 is 0 Å². The molecule has 2 aromatic rings. The number of ether oxygens (including phenoxy) is 2. The van der Waals surface area contributed by atoms with Gasteiger partial charge in [-0.05, 0) is 37.1 Å². The number of nitrogens with zero attached hydrogens (tertiary/aromatic N) is 4. The number of esters is 2. The largest absolute Gasteiger partial charge is 0.462 e. The van der Waals surface area contributed by atoms with E-state index in [0.717, 1.165) is 35.9 Å². The van der Waals surface area contributed by atoms with Gasteiger partial charge in [-0.2, -0.15) is 0 Å². The molecule has 34 heavy (non-hydrogen) atoms. The van der Waals surface area contributed by atoms with Crippen molar-refractivity contribution in [3.05, 3.63) is 84.5 Å². The van der Waals surface area contributed by atoms with Crippen molar-refractivity contribution in [3.8, 4) is 0 Å². The van der Waals surface area contributed by atoms with Crippen molar-refractivity contribution < 1.29 is 19.1 Å². The first-order valence-electron chi connectivity index (χ1n) is 11.5. The van der Waals surface area contributed by atoms with E-state index in [2.05, 4.69) is 23.0 Å². The predicted molar refractivity (Wildman–Crippen MR) is 128 cm³/mol. The summed E-state index contributed by atoms with van der Waals surface area (Å²) in [6, 6.07) is 12.2. The third kappa shape index (κ3) is 8.53. The van der Waals surface area contributed by atoms with Crippen LogP contribution < -0.4 is 0 Å². The molecule has 0 N–H and O–H groups in total. The Morgan fingerprint density at radius 3 is 1.41 bits per heavy atom. The van der Waals surface area contributed by atoms with E-state index < -0.39 is 11.9 Å². The molecule has 1 aliphatic heterocycles. The fourth-order valence-corrected chi connectivity index (χ4v) is 3.79. The number of aromatic nitrogens is 2. The Labute approximate surface area is 200 Å². The lowest BCUT2D eigenvalue weighted by Gasteiger charge is -2.25. The van der Waals surface area contributed by atoms with E-state index in [1.165, 1.54) is 12.2 Å². The summed E-state index contributed by atoms with van der Waals surface area (Å²) in [4.78, 5) is 36.9. The lowest BCUT2D eigenvalue weighted by atomic mass is 10.2. The molecule has 0 aliphatic carbocycles. The van der Waals surface area contributed by atoms with Gasteiger partial charge >= 0.3 is 11.9 Å². The summed E-state index contributed by atoms with van der Waals surface area (Å²) < 4.78 is 10.3. The molecule has 1 aliphatic rings. The van der Waals surface area contributed by atoms with Gasteiger partial charge in [-0.3, -0.25) is 19.8 Å². The van der Waals surface area contributed by atoms with Gasteiger partial charge in [-0.25, -0.2) is 9.59 Å². The molecule has 8 nitrogen and oxygen atoms in total. The first kappa shape index (κ1) is 25.3. The molecule has 8 heteroatoms. The summed E-state index contributed by atoms with van der Waals surface area (Å²) in [7, 11) is 0. The Balaban J connectivity index is 1.70. The van der Waals surface area contributed by atoms with Crippen LogP contribution in [-0.2, 0) is 45.2 Å². The number of fused-ring (bicyclic) bond motifs is 4. The molecule has 0 radical (unpaired) electrons. The predicted octanol–water partition coefficient (Wildman–Crippen LogP) is 3.03. The van der Waals surface area contributed by atoms with Gasteiger partial charge in [0, 0.05) is 51.4 Å². The third-order valence-corrected chi connectivity index (χ3v) is 5.33. The molecular weight excluding hydrogens is 432 g/mol. The average molecular weight is 465 g/mol. The van der Waals surface area contributed by atoms with Crippen LogP contribution in [0.4, 0.5) is 0 Å². The first-order chi connectivity index (χ1) is 16.6. The zero-order valence-corrected chi connectivity index (χ0v) is 19.5. The summed E-state index contributed by atoms with van der Waals surface area (Å²) in [6.07, 6.45) is 3.78. The maximum Gasteiger partial charge on any atom is 0.330 e. The fourth-order valence-electron chi connectivity index (χ4n) is 3.79. The third-order valence-electron chi connectivity index (χ3n) is 5.33. The fraction of sp³-hybridized carbons (Fsp3) is 0.385. The minimum Gasteiger partial charge on any atom is -0.462 e. The van der Waals surface area contributed by atoms with Crippen molar-refractivity contribution in [2.24, 2.45) is 0 Å². The maximum absolute atomic E-state index is 11.3. The highest BCUT2D eigenvalue weighted by Crippen LogP contribution is 2.15. The highest BCUT2D eigenvalue weighted by Gasteiger charge is 2.15. The summed E-state index contributed by atoms with van der Waals surface area (Å²) in [5.74, 6) is -0.804. The van der Waals surface area contributed by atoms with Gasteiger partial charge in [-0.1, -0.05) is 25.3 Å². The molecule has 0 spiro atoms. The van der Waals surface area contributed by atoms with Gasteiger partial charge in [-0.15, -0.1) is 0 Å². The smallest absolute Gasteiger partial charge is 0.330 e. The molecule has 4 bridgehead atoms. The van der Waals surface area contributed by atoms with E-state index in [9.17, 15) is 9.59 Å². The van der Waals surface area contributed by atoms with E-state index in [1.807, 2.05) is 36.4 Å². The Kier molecular flexibility index (Phi) is 9.94. The second kappa shape index (κ2) is 13.4. The van der Waals surface area contributed by atoms with E-state index in [1.54, 1.807) is 0 Å². The minimum absolute atomic E-state index is 0.347. The number of carbonyl (C=O) groups excluding carboxylic acids is 2. The molecule has 0 saturated carbocycles. The van der Waals surface area contributed by atoms with Gasteiger partial charge in [0.15, 0.2) is 0 Å². The number of pyridine rings is 2. The lowest BCUT2D eigenvalue weighted by molar-refractivity contribution is -0.138. The van der Waals surface area contributed by atoms with Crippen LogP contribution in [-0.4, -0.2) is 58.0 Å². The van der Waals surface area contributed by atoms with Crippen LogP contribution in [0.2, 0.25) is 0 Å². The molecule has 2 aromatic heterocycles. The van der Waals surface area contributed by atoms with E-state index >= 15 is 0 Å². The second-order valence-corrected chi connectivity index (χ2v) is 8.11. The van der Waals surface area contributed by atoms with Crippen LogP contribution in [0.25, 0.3) is 0 Å². The van der Waals surface area contributed by atoms with Gasteiger partial charge in [0.25, 0.3) is 0 Å². The number of carbonyl (C=O) groups is 2. The molecule has 0 unspecified atom stereocenters. The van der Waals surface area contributed by atoms with Crippen molar-refractivity contribution in [1.29, 1.82) is 0 Å². The van der Waals surface area contributed by atoms with Crippen molar-refractivity contribution in [1.82, 2.24) is 19.8 Å². The molecule has 0 fully saturated rings. The molecule has 180 valence electrons. The standard InChI is InChI=1S/C26H32N4O4/c1-3-25(31)33-15-7-13-29-17-21-9-5-11-23(27-21)19-30(14-8-16-34-26(32)4-2)20-24-12-6-10-22(18-29)28-24/h3-6,9-12H,1-2,7-8,13-20H2. The molecule has 0 atom stereocenters. The second-order valence-electron chi connectivity index (χ2n) is 8.11. The summed E-state index contributed by atoms with van der Waals surface area (Å²) in [5.41, 5.74) is 3.93. The number of hydrogen-bond acceptors (Lipinski definition) is 8. The lowest BCUT2D eigenvalue weighted by Crippen LogP contribution is -2.29. The van der Waals surface area contributed by atoms with Crippen molar-refractivity contribution >= 4 is 11.9 Å². The van der Waals surface area contributed by atoms with Gasteiger partial charge in [0.2, 0.25) is 0 Å². The Hall–Kier alpha value is -3.36. The monoisotopic (exact) mass is 464 g/mol. The van der Waals surface area contributed by atoms with Crippen LogP contribution in [0.5, 0.6) is 0 Å². The SMILES string of the molecule is C=CC(=O)OCCCN1Cc2cccc(n2)CN(CCCOC(=O)C=C)Cc2cccc(n2)C1. The summed E-state index contributed by atoms with van der Waals surface area (Å²) >= 11 is 0. The highest BCUT2D eigenvalue weighted by molar-refractivity contribution is 5.81. The molecule has 0 aromatic carbocycles. The van der Waals surface area contributed by atoms with Gasteiger partial charge in [0.05, 0.1) is 36.0 Å². The first-order valence-corrected chi connectivity index (χ1v) is 11.5. The molecule has 0 amide bonds. The Bertz CT molecular complexity index is 872. The number of rotatable bonds is 10. The van der Waals surface area contributed by atoms with Crippen molar-refractivity contribution in [2.75, 3.05) is 26.3 Å². The quantitative estimate of drug-likeness (QED) is 0.301. The minimum atomic E-state index is -0.402. The van der Waals surface area contributed by atoms with E-state index in [4.69, 9.17) is 19.4 Å². The summed E-state index contributed by atoms with van der Waals surface area (Å²) in [5, 5.41) is 0. The summed E-state index contributed by atoms with van der Waals surface area (Å²) in [6.45, 7) is 11.7. The zero-order valence-electron chi connectivity index (χ0n) is 19.5. The average Bonchev–Trinajstić information content (AvgIpc) is 2.83. The van der Waals surface area contributed by atoms with Crippen molar-refractivity contribution in [2.45, 2.75) is 39.0 Å². The normalized spacial score (nSPS) is 14.4. The number of hydrogen-bond donors (Lipinski definition) is 0. The van der Waals surface area contributed by atoms with Gasteiger partial charge in [0.1, 0.15) is 0 Å². The highest BCUT2D eigenvalue weighted by atomic mass is 16.5. The molecule has 0 saturated heterocycles.